The molecule has 0 amide bonds. The Bertz CT molecular complexity index is 686. The van der Waals surface area contributed by atoms with Crippen LogP contribution >= 0.6 is 0 Å². The van der Waals surface area contributed by atoms with E-state index in [2.05, 4.69) is 6.58 Å². The van der Waals surface area contributed by atoms with E-state index in [4.69, 9.17) is 9.47 Å². The van der Waals surface area contributed by atoms with Crippen LogP contribution in [0.3, 0.4) is 0 Å². The third-order valence-corrected chi connectivity index (χ3v) is 5.13. The lowest BCUT2D eigenvalue weighted by molar-refractivity contribution is -0.182. The zero-order valence-electron chi connectivity index (χ0n) is 16.1. The fourth-order valence-electron chi connectivity index (χ4n) is 3.30. The maximum absolute atomic E-state index is 12.5. The first-order valence-corrected chi connectivity index (χ1v) is 8.97. The molecule has 27 heavy (non-hydrogen) atoms. The van der Waals surface area contributed by atoms with Crippen molar-refractivity contribution in [3.63, 3.8) is 0 Å². The summed E-state index contributed by atoms with van der Waals surface area (Å²) in [6.45, 7) is 9.84. The molecule has 2 rings (SSSR count). The number of aliphatic hydroxyl groups excluding tert-OH is 2. The van der Waals surface area contributed by atoms with Crippen LogP contribution in [0.4, 0.5) is 0 Å². The molecule has 6 unspecified atom stereocenters. The summed E-state index contributed by atoms with van der Waals surface area (Å²) < 4.78 is 10.9. The van der Waals surface area contributed by atoms with Gasteiger partial charge in [0.1, 0.15) is 12.2 Å². The predicted octanol–water partition coefficient (Wildman–Crippen LogP) is 1.18. The molecule has 1 aliphatic carbocycles. The lowest BCUT2D eigenvalue weighted by atomic mass is 9.85. The number of hydrogen-bond donors (Lipinski definition) is 3. The van der Waals surface area contributed by atoms with E-state index in [1.165, 1.54) is 13.8 Å². The normalized spacial score (nSPS) is 32.4. The number of esters is 2. The molecule has 0 saturated carbocycles. The fourth-order valence-corrected chi connectivity index (χ4v) is 3.30. The number of fused-ring (bicyclic) bond motifs is 1. The van der Waals surface area contributed by atoms with E-state index >= 15 is 0 Å². The highest BCUT2D eigenvalue weighted by Crippen LogP contribution is 2.36. The summed E-state index contributed by atoms with van der Waals surface area (Å²) in [6, 6.07) is 0. The maximum atomic E-state index is 12.5. The Kier molecular flexibility index (Phi) is 6.29. The summed E-state index contributed by atoms with van der Waals surface area (Å²) >= 11 is 0. The molecule has 7 heteroatoms. The van der Waals surface area contributed by atoms with Crippen molar-refractivity contribution in [2.75, 3.05) is 0 Å². The molecule has 7 nitrogen and oxygen atoms in total. The molecule has 2 aliphatic rings. The highest BCUT2D eigenvalue weighted by Gasteiger charge is 2.47. The molecule has 1 aliphatic heterocycles. The maximum Gasteiger partial charge on any atom is 0.340 e. The summed E-state index contributed by atoms with van der Waals surface area (Å²) in [5, 5.41) is 30.0. The van der Waals surface area contributed by atoms with Crippen molar-refractivity contribution in [3.8, 4) is 0 Å². The molecular weight excluding hydrogens is 352 g/mol. The van der Waals surface area contributed by atoms with Crippen LogP contribution in [0.2, 0.25) is 0 Å². The number of carbonyl (C=O) groups is 2. The lowest BCUT2D eigenvalue weighted by Crippen LogP contribution is -2.49. The molecule has 0 bridgehead atoms. The summed E-state index contributed by atoms with van der Waals surface area (Å²) in [5.74, 6) is -2.20. The van der Waals surface area contributed by atoms with E-state index in [1.54, 1.807) is 19.1 Å². The van der Waals surface area contributed by atoms with Crippen molar-refractivity contribution in [2.24, 2.45) is 5.92 Å². The van der Waals surface area contributed by atoms with Crippen molar-refractivity contribution in [1.82, 2.24) is 0 Å². The van der Waals surface area contributed by atoms with Crippen LogP contribution in [-0.4, -0.2) is 57.3 Å². The van der Waals surface area contributed by atoms with Crippen molar-refractivity contribution in [2.45, 2.75) is 70.6 Å². The highest BCUT2D eigenvalue weighted by molar-refractivity contribution is 5.91. The Hall–Kier alpha value is -1.96. The Morgan fingerprint density at radius 2 is 1.93 bits per heavy atom. The third kappa shape index (κ3) is 4.66. The van der Waals surface area contributed by atoms with Crippen molar-refractivity contribution in [1.29, 1.82) is 0 Å². The number of rotatable bonds is 3. The topological polar surface area (TPSA) is 113 Å². The molecule has 0 radical (unpaired) electrons. The first-order valence-electron chi connectivity index (χ1n) is 8.97. The van der Waals surface area contributed by atoms with Gasteiger partial charge in [-0.2, -0.15) is 0 Å². The SMILES string of the molecule is C=C1C(=O)OC2C=C(C)CC(O)C=C(C)CC(OC(=O)C(C)(O)C(C)O)C12. The molecule has 0 aromatic carbocycles. The Balaban J connectivity index is 2.42. The van der Waals surface area contributed by atoms with Gasteiger partial charge in [-0.05, 0) is 40.2 Å². The molecule has 1 saturated heterocycles. The first kappa shape index (κ1) is 21.3. The van der Waals surface area contributed by atoms with Crippen LogP contribution in [0.1, 0.15) is 40.5 Å². The molecule has 150 valence electrons. The molecule has 0 aromatic rings. The minimum Gasteiger partial charge on any atom is -0.459 e. The minimum atomic E-state index is -2.10. The second kappa shape index (κ2) is 7.96. The number of hydrogen-bond acceptors (Lipinski definition) is 7. The van der Waals surface area contributed by atoms with Gasteiger partial charge >= 0.3 is 11.9 Å². The number of aliphatic hydroxyl groups is 3. The smallest absolute Gasteiger partial charge is 0.340 e. The van der Waals surface area contributed by atoms with Gasteiger partial charge < -0.3 is 24.8 Å². The van der Waals surface area contributed by atoms with Gasteiger partial charge in [-0.25, -0.2) is 9.59 Å². The standard InChI is InChI=1S/C20H28O7/c1-10-6-14(22)7-11(2)9-16(27-19(24)20(5,25)13(4)21)17-12(3)18(23)26-15(17)8-10/h7-8,13-17,21-22,25H,3,6,9H2,1-2,4-5H3. The largest absolute Gasteiger partial charge is 0.459 e. The summed E-state index contributed by atoms with van der Waals surface area (Å²) in [6.07, 6.45) is 0.432. The van der Waals surface area contributed by atoms with E-state index in [9.17, 15) is 24.9 Å². The zero-order valence-corrected chi connectivity index (χ0v) is 16.1. The van der Waals surface area contributed by atoms with Crippen molar-refractivity contribution in [3.05, 3.63) is 35.5 Å². The van der Waals surface area contributed by atoms with Gasteiger partial charge in [0.05, 0.1) is 18.1 Å². The highest BCUT2D eigenvalue weighted by atomic mass is 16.6. The fraction of sp³-hybridized carbons (Fsp3) is 0.600. The predicted molar refractivity (Wildman–Crippen MR) is 97.4 cm³/mol. The van der Waals surface area contributed by atoms with E-state index in [0.29, 0.717) is 6.42 Å². The average Bonchev–Trinajstić information content (AvgIpc) is 2.79. The first-order chi connectivity index (χ1) is 12.4. The Labute approximate surface area is 159 Å². The van der Waals surface area contributed by atoms with Crippen LogP contribution in [0.5, 0.6) is 0 Å². The van der Waals surface area contributed by atoms with Gasteiger partial charge in [0.25, 0.3) is 0 Å². The number of carbonyl (C=O) groups excluding carboxylic acids is 2. The Morgan fingerprint density at radius 1 is 1.33 bits per heavy atom. The third-order valence-electron chi connectivity index (χ3n) is 5.13. The van der Waals surface area contributed by atoms with Crippen molar-refractivity contribution >= 4 is 11.9 Å². The molecule has 0 spiro atoms. The molecule has 6 atom stereocenters. The summed E-state index contributed by atoms with van der Waals surface area (Å²) in [7, 11) is 0. The van der Waals surface area contributed by atoms with Crippen LogP contribution in [0.25, 0.3) is 0 Å². The van der Waals surface area contributed by atoms with Gasteiger partial charge in [-0.15, -0.1) is 0 Å². The zero-order chi connectivity index (χ0) is 20.5. The molecular formula is C20H28O7. The average molecular weight is 380 g/mol. The van der Waals surface area contributed by atoms with Crippen LogP contribution in [-0.2, 0) is 19.1 Å². The van der Waals surface area contributed by atoms with Gasteiger partial charge in [0, 0.05) is 12.0 Å². The second-order valence-electron chi connectivity index (χ2n) is 7.69. The van der Waals surface area contributed by atoms with E-state index in [-0.39, 0.29) is 12.0 Å². The lowest BCUT2D eigenvalue weighted by Gasteiger charge is -2.31. The van der Waals surface area contributed by atoms with Crippen LogP contribution in [0, 0.1) is 5.92 Å². The minimum absolute atomic E-state index is 0.187. The quantitative estimate of drug-likeness (QED) is 0.383. The molecule has 3 N–H and O–H groups in total. The molecule has 0 aromatic heterocycles. The summed E-state index contributed by atoms with van der Waals surface area (Å²) in [5.41, 5.74) is -0.324. The van der Waals surface area contributed by atoms with E-state index in [1.807, 2.05) is 6.92 Å². The summed E-state index contributed by atoms with van der Waals surface area (Å²) in [4.78, 5) is 24.5. The van der Waals surface area contributed by atoms with Gasteiger partial charge in [0.2, 0.25) is 0 Å². The van der Waals surface area contributed by atoms with Gasteiger partial charge in [-0.3, -0.25) is 0 Å². The van der Waals surface area contributed by atoms with Gasteiger partial charge in [-0.1, -0.05) is 23.8 Å². The van der Waals surface area contributed by atoms with Gasteiger partial charge in [0.15, 0.2) is 5.60 Å². The van der Waals surface area contributed by atoms with Crippen LogP contribution in [0.15, 0.2) is 35.5 Å². The number of ether oxygens (including phenoxy) is 2. The second-order valence-corrected chi connectivity index (χ2v) is 7.69. The Morgan fingerprint density at radius 3 is 2.52 bits per heavy atom. The molecule has 1 heterocycles. The van der Waals surface area contributed by atoms with Crippen molar-refractivity contribution < 1.29 is 34.4 Å². The van der Waals surface area contributed by atoms with Crippen LogP contribution < -0.4 is 0 Å². The van der Waals surface area contributed by atoms with E-state index < -0.39 is 47.9 Å². The monoisotopic (exact) mass is 380 g/mol. The van der Waals surface area contributed by atoms with E-state index in [0.717, 1.165) is 11.1 Å². The molecule has 1 fully saturated rings.